The average Bonchev–Trinajstić information content (AvgIpc) is 2.88. The second-order valence-corrected chi connectivity index (χ2v) is 7.75. The Morgan fingerprint density at radius 2 is 2.04 bits per heavy atom. The summed E-state index contributed by atoms with van der Waals surface area (Å²) in [5.41, 5.74) is 0. The van der Waals surface area contributed by atoms with Crippen molar-refractivity contribution in [1.29, 1.82) is 0 Å². The summed E-state index contributed by atoms with van der Waals surface area (Å²) in [6.45, 7) is 0.0500. The molecule has 2 atom stereocenters. The van der Waals surface area contributed by atoms with Gasteiger partial charge in [-0.15, -0.1) is 0 Å². The monoisotopic (exact) mass is 394 g/mol. The van der Waals surface area contributed by atoms with Gasteiger partial charge in [0, 0.05) is 36.2 Å². The number of pyridine rings is 1. The number of carbonyl (C=O) groups excluding carboxylic acids is 2. The van der Waals surface area contributed by atoms with Gasteiger partial charge in [0.1, 0.15) is 5.82 Å². The quantitative estimate of drug-likeness (QED) is 0.802. The van der Waals surface area contributed by atoms with Crippen molar-refractivity contribution in [2.24, 2.45) is 5.92 Å². The number of nitrogens with zero attached hydrogens (tertiary/aromatic N) is 2. The summed E-state index contributed by atoms with van der Waals surface area (Å²) >= 11 is 3.30. The highest BCUT2D eigenvalue weighted by Crippen LogP contribution is 2.32. The van der Waals surface area contributed by atoms with Crippen LogP contribution in [-0.2, 0) is 9.59 Å². The Hall–Kier alpha value is -1.47. The van der Waals surface area contributed by atoms with Crippen molar-refractivity contribution in [2.75, 3.05) is 18.9 Å². The van der Waals surface area contributed by atoms with E-state index >= 15 is 0 Å². The normalized spacial score (nSPS) is 25.3. The fourth-order valence-corrected chi connectivity index (χ4v) is 3.91. The van der Waals surface area contributed by atoms with Gasteiger partial charge in [0.2, 0.25) is 11.8 Å². The Balaban J connectivity index is 1.45. The molecule has 2 saturated heterocycles. The van der Waals surface area contributed by atoms with Crippen LogP contribution in [0.15, 0.2) is 22.8 Å². The number of aromatic nitrogens is 1. The van der Waals surface area contributed by atoms with Gasteiger partial charge in [-0.25, -0.2) is 4.98 Å². The van der Waals surface area contributed by atoms with Gasteiger partial charge in [-0.05, 0) is 59.7 Å². The van der Waals surface area contributed by atoms with Gasteiger partial charge in [0.05, 0.1) is 6.54 Å². The number of hydrogen-bond acceptors (Lipinski definition) is 4. The van der Waals surface area contributed by atoms with E-state index in [9.17, 15) is 9.59 Å². The smallest absolute Gasteiger partial charge is 0.245 e. The molecular formula is C17H23BrN4O2. The fraction of sp³-hybridized carbons (Fsp3) is 0.588. The molecule has 7 heteroatoms. The lowest BCUT2D eigenvalue weighted by Gasteiger charge is -2.29. The SMILES string of the molecule is CN(CC(=O)Nc1ccc(Br)cn1)C(=O)CC1CC2CCC(C1)N2. The van der Waals surface area contributed by atoms with E-state index in [1.54, 1.807) is 19.3 Å². The summed E-state index contributed by atoms with van der Waals surface area (Å²) < 4.78 is 0.851. The van der Waals surface area contributed by atoms with Crippen LogP contribution in [0.4, 0.5) is 5.82 Å². The molecule has 6 nitrogen and oxygen atoms in total. The van der Waals surface area contributed by atoms with Crippen LogP contribution in [-0.4, -0.2) is 47.4 Å². The molecule has 2 N–H and O–H groups in total. The van der Waals surface area contributed by atoms with Gasteiger partial charge in [-0.2, -0.15) is 0 Å². The number of rotatable bonds is 5. The molecule has 2 unspecified atom stereocenters. The van der Waals surface area contributed by atoms with E-state index in [-0.39, 0.29) is 18.4 Å². The summed E-state index contributed by atoms with van der Waals surface area (Å²) in [6, 6.07) is 4.69. The molecule has 0 aromatic carbocycles. The number of amides is 2. The zero-order valence-electron chi connectivity index (χ0n) is 13.8. The molecule has 3 rings (SSSR count). The Kier molecular flexibility index (Phi) is 5.50. The number of piperidine rings is 1. The number of anilines is 1. The van der Waals surface area contributed by atoms with E-state index in [0.29, 0.717) is 30.2 Å². The molecule has 24 heavy (non-hydrogen) atoms. The summed E-state index contributed by atoms with van der Waals surface area (Å²) in [7, 11) is 1.69. The fourth-order valence-electron chi connectivity index (χ4n) is 3.68. The summed E-state index contributed by atoms with van der Waals surface area (Å²) in [5, 5.41) is 6.29. The molecule has 1 aromatic rings. The van der Waals surface area contributed by atoms with Gasteiger partial charge >= 0.3 is 0 Å². The summed E-state index contributed by atoms with van der Waals surface area (Å²) in [5.74, 6) is 0.736. The van der Waals surface area contributed by atoms with Crippen molar-refractivity contribution in [1.82, 2.24) is 15.2 Å². The predicted molar refractivity (Wildman–Crippen MR) is 95.5 cm³/mol. The second kappa shape index (κ2) is 7.61. The lowest BCUT2D eigenvalue weighted by atomic mass is 9.89. The lowest BCUT2D eigenvalue weighted by molar-refractivity contribution is -0.134. The predicted octanol–water partition coefficient (Wildman–Crippen LogP) is 2.16. The Morgan fingerprint density at radius 3 is 2.67 bits per heavy atom. The first-order chi connectivity index (χ1) is 11.5. The van der Waals surface area contributed by atoms with Crippen LogP contribution >= 0.6 is 15.9 Å². The number of likely N-dealkylation sites (N-methyl/N-ethyl adjacent to an activating group) is 1. The van der Waals surface area contributed by atoms with Crippen molar-refractivity contribution in [3.8, 4) is 0 Å². The maximum atomic E-state index is 12.4. The van der Waals surface area contributed by atoms with Crippen molar-refractivity contribution in [3.05, 3.63) is 22.8 Å². The van der Waals surface area contributed by atoms with Crippen LogP contribution < -0.4 is 10.6 Å². The van der Waals surface area contributed by atoms with Crippen LogP contribution in [0.5, 0.6) is 0 Å². The van der Waals surface area contributed by atoms with Gasteiger partial charge in [0.25, 0.3) is 0 Å². The maximum absolute atomic E-state index is 12.4. The molecule has 2 fully saturated rings. The highest BCUT2D eigenvalue weighted by molar-refractivity contribution is 9.10. The third kappa shape index (κ3) is 4.54. The molecule has 2 amide bonds. The number of hydrogen-bond donors (Lipinski definition) is 2. The molecule has 2 aliphatic heterocycles. The van der Waals surface area contributed by atoms with Crippen LogP contribution in [0.1, 0.15) is 32.1 Å². The van der Waals surface area contributed by atoms with Gasteiger partial charge < -0.3 is 15.5 Å². The van der Waals surface area contributed by atoms with E-state index in [2.05, 4.69) is 31.5 Å². The molecule has 0 spiro atoms. The van der Waals surface area contributed by atoms with Gasteiger partial charge in [0.15, 0.2) is 0 Å². The minimum Gasteiger partial charge on any atom is -0.336 e. The summed E-state index contributed by atoms with van der Waals surface area (Å²) in [4.78, 5) is 30.0. The largest absolute Gasteiger partial charge is 0.336 e. The van der Waals surface area contributed by atoms with Crippen LogP contribution in [0, 0.1) is 5.92 Å². The maximum Gasteiger partial charge on any atom is 0.245 e. The number of halogens is 1. The zero-order valence-corrected chi connectivity index (χ0v) is 15.4. The molecule has 0 radical (unpaired) electrons. The van der Waals surface area contributed by atoms with E-state index in [1.807, 2.05) is 6.07 Å². The zero-order chi connectivity index (χ0) is 17.1. The molecule has 3 heterocycles. The highest BCUT2D eigenvalue weighted by Gasteiger charge is 2.34. The third-order valence-electron chi connectivity index (χ3n) is 4.84. The van der Waals surface area contributed by atoms with Crippen molar-refractivity contribution in [3.63, 3.8) is 0 Å². The second-order valence-electron chi connectivity index (χ2n) is 6.84. The van der Waals surface area contributed by atoms with Crippen LogP contribution in [0.3, 0.4) is 0 Å². The average molecular weight is 395 g/mol. The Morgan fingerprint density at radius 1 is 1.33 bits per heavy atom. The first kappa shape index (κ1) is 17.4. The Labute approximate surface area is 150 Å². The first-order valence-corrected chi connectivity index (χ1v) is 9.20. The number of carbonyl (C=O) groups is 2. The van der Waals surface area contributed by atoms with Crippen LogP contribution in [0.25, 0.3) is 0 Å². The van der Waals surface area contributed by atoms with Gasteiger partial charge in [-0.3, -0.25) is 9.59 Å². The minimum atomic E-state index is -0.231. The summed E-state index contributed by atoms with van der Waals surface area (Å²) in [6.07, 6.45) is 6.77. The first-order valence-electron chi connectivity index (χ1n) is 8.41. The van der Waals surface area contributed by atoms with Crippen molar-refractivity contribution >= 4 is 33.6 Å². The van der Waals surface area contributed by atoms with E-state index in [4.69, 9.17) is 0 Å². The Bertz CT molecular complexity index is 595. The minimum absolute atomic E-state index is 0.0419. The van der Waals surface area contributed by atoms with Crippen molar-refractivity contribution in [2.45, 2.75) is 44.2 Å². The molecule has 1 aromatic heterocycles. The third-order valence-corrected chi connectivity index (χ3v) is 5.30. The molecule has 0 aliphatic carbocycles. The molecule has 2 bridgehead atoms. The van der Waals surface area contributed by atoms with Crippen molar-refractivity contribution < 1.29 is 9.59 Å². The molecular weight excluding hydrogens is 372 g/mol. The van der Waals surface area contributed by atoms with Gasteiger partial charge in [-0.1, -0.05) is 0 Å². The van der Waals surface area contributed by atoms with E-state index < -0.39 is 0 Å². The topological polar surface area (TPSA) is 74.3 Å². The van der Waals surface area contributed by atoms with E-state index in [1.165, 1.54) is 17.7 Å². The molecule has 2 aliphatic rings. The molecule has 0 saturated carbocycles. The molecule has 130 valence electrons. The number of fused-ring (bicyclic) bond motifs is 2. The standard InChI is InChI=1S/C17H23BrN4O2/c1-22(10-16(23)21-15-5-2-12(18)9-19-15)17(24)8-11-6-13-3-4-14(7-11)20-13/h2,5,9,11,13-14,20H,3-4,6-8,10H2,1H3,(H,19,21,23). The number of nitrogens with one attached hydrogen (secondary N) is 2. The van der Waals surface area contributed by atoms with Crippen LogP contribution in [0.2, 0.25) is 0 Å². The lowest BCUT2D eigenvalue weighted by Crippen LogP contribution is -2.41. The van der Waals surface area contributed by atoms with E-state index in [0.717, 1.165) is 17.3 Å². The highest BCUT2D eigenvalue weighted by atomic mass is 79.9.